The first-order valence-electron chi connectivity index (χ1n) is 27.0. The van der Waals surface area contributed by atoms with Gasteiger partial charge >= 0.3 is 0 Å². The first kappa shape index (κ1) is 57.6. The number of thiazole rings is 1. The molecule has 77 heavy (non-hydrogen) atoms. The zero-order valence-corrected chi connectivity index (χ0v) is 48.2. The maximum atomic E-state index is 14.1. The summed E-state index contributed by atoms with van der Waals surface area (Å²) in [6.45, 7) is 18.7. The van der Waals surface area contributed by atoms with Gasteiger partial charge in [0.2, 0.25) is 23.7 Å². The fourth-order valence-electron chi connectivity index (χ4n) is 10.6. The van der Waals surface area contributed by atoms with Crippen LogP contribution < -0.4 is 36.2 Å². The van der Waals surface area contributed by atoms with Gasteiger partial charge in [0, 0.05) is 88.3 Å². The third-order valence-corrected chi connectivity index (χ3v) is 17.8. The number of ether oxygens (including phenoxy) is 1. The number of carbonyl (C=O) groups is 3. The quantitative estimate of drug-likeness (QED) is 0.0346. The predicted octanol–water partition coefficient (Wildman–Crippen LogP) is 8.65. The second-order valence-electron chi connectivity index (χ2n) is 22.1. The molecule has 3 amide bonds. The minimum Gasteiger partial charge on any atom is -0.494 e. The Kier molecular flexibility index (Phi) is 19.4. The number of methoxy groups -OCH3 is 1. The van der Waals surface area contributed by atoms with Crippen LogP contribution >= 0.6 is 30.1 Å². The van der Waals surface area contributed by atoms with Gasteiger partial charge in [0.1, 0.15) is 30.0 Å². The van der Waals surface area contributed by atoms with Gasteiger partial charge in [0.05, 0.1) is 46.9 Å². The molecule has 3 aliphatic rings. The number of para-hydroxylation sites is 1. The molecule has 3 saturated heterocycles. The second kappa shape index (κ2) is 25.9. The molecule has 0 aliphatic carbocycles. The molecule has 414 valence electrons. The van der Waals surface area contributed by atoms with Crippen LogP contribution in [-0.4, -0.2) is 150 Å². The molecule has 3 atom stereocenters. The van der Waals surface area contributed by atoms with Crippen molar-refractivity contribution in [3.05, 3.63) is 94.7 Å². The zero-order valence-electron chi connectivity index (χ0n) is 45.7. The summed E-state index contributed by atoms with van der Waals surface area (Å²) in [5.74, 6) is 0.571. The molecule has 3 fully saturated rings. The molecule has 3 aromatic carbocycles. The van der Waals surface area contributed by atoms with Crippen molar-refractivity contribution in [2.45, 2.75) is 110 Å². The molecular formula is C57H77ClN11O6PS. The number of hydrogen-bond donors (Lipinski definition) is 5. The summed E-state index contributed by atoms with van der Waals surface area (Å²) in [6, 6.07) is 20.5. The monoisotopic (exact) mass is 1110 g/mol. The van der Waals surface area contributed by atoms with Crippen molar-refractivity contribution in [3.8, 4) is 16.2 Å². The third-order valence-electron chi connectivity index (χ3n) is 15.0. The fourth-order valence-corrected chi connectivity index (χ4v) is 12.7. The molecule has 5 N–H and O–H groups in total. The van der Waals surface area contributed by atoms with Crippen molar-refractivity contribution in [3.63, 3.8) is 0 Å². The molecule has 5 aromatic rings. The fraction of sp³-hybridized carbons (Fsp3) is 0.509. The minimum absolute atomic E-state index is 0.0391. The molecule has 0 saturated carbocycles. The Balaban J connectivity index is 0.719. The van der Waals surface area contributed by atoms with Crippen LogP contribution in [0.5, 0.6) is 5.75 Å². The number of aryl methyl sites for hydroxylation is 1. The molecule has 8 rings (SSSR count). The van der Waals surface area contributed by atoms with Crippen LogP contribution in [0.3, 0.4) is 0 Å². The van der Waals surface area contributed by atoms with Crippen LogP contribution in [0.1, 0.15) is 83.4 Å². The van der Waals surface area contributed by atoms with E-state index in [0.717, 1.165) is 117 Å². The average molecular weight is 1110 g/mol. The highest BCUT2D eigenvalue weighted by Crippen LogP contribution is 2.39. The Morgan fingerprint density at radius 1 is 0.909 bits per heavy atom. The Morgan fingerprint density at radius 3 is 2.32 bits per heavy atom. The smallest absolute Gasteiger partial charge is 0.246 e. The largest absolute Gasteiger partial charge is 0.494 e. The van der Waals surface area contributed by atoms with Crippen LogP contribution in [-0.2, 0) is 25.5 Å². The number of rotatable bonds is 21. The highest BCUT2D eigenvalue weighted by molar-refractivity contribution is 7.70. The number of amides is 3. The molecular weight excluding hydrogens is 1030 g/mol. The van der Waals surface area contributed by atoms with Gasteiger partial charge in [-0.2, -0.15) is 4.98 Å². The third kappa shape index (κ3) is 15.2. The van der Waals surface area contributed by atoms with E-state index in [9.17, 15) is 24.1 Å². The summed E-state index contributed by atoms with van der Waals surface area (Å²) < 4.78 is 18.8. The number of aromatic nitrogens is 3. The van der Waals surface area contributed by atoms with E-state index in [1.54, 1.807) is 31.8 Å². The van der Waals surface area contributed by atoms with Crippen molar-refractivity contribution in [2.24, 2.45) is 5.41 Å². The van der Waals surface area contributed by atoms with Gasteiger partial charge in [-0.3, -0.25) is 19.3 Å². The number of nitrogens with zero attached hydrogens (tertiary/aromatic N) is 7. The number of piperazine rings is 1. The number of aliphatic hydroxyl groups excluding tert-OH is 1. The van der Waals surface area contributed by atoms with Crippen LogP contribution in [0.2, 0.25) is 5.02 Å². The molecule has 5 heterocycles. The van der Waals surface area contributed by atoms with Gasteiger partial charge in [-0.1, -0.05) is 81.6 Å². The lowest BCUT2D eigenvalue weighted by Crippen LogP contribution is -2.57. The number of hydrogen-bond acceptors (Lipinski definition) is 15. The lowest BCUT2D eigenvalue weighted by molar-refractivity contribution is -0.144. The van der Waals surface area contributed by atoms with E-state index in [2.05, 4.69) is 63.1 Å². The lowest BCUT2D eigenvalue weighted by atomic mass is 9.85. The van der Waals surface area contributed by atoms with Gasteiger partial charge in [-0.05, 0) is 93.3 Å². The number of likely N-dealkylation sites (tertiary alicyclic amines) is 1. The molecule has 17 nitrogen and oxygen atoms in total. The molecule has 2 aromatic heterocycles. The topological polar surface area (TPSA) is 197 Å². The Morgan fingerprint density at radius 2 is 1.64 bits per heavy atom. The maximum absolute atomic E-state index is 14.1. The first-order chi connectivity index (χ1) is 36.8. The molecule has 20 heteroatoms. The summed E-state index contributed by atoms with van der Waals surface area (Å²) in [5.41, 5.74) is 6.70. The number of unbranched alkanes of at least 4 members (excludes halogenated alkanes) is 3. The van der Waals surface area contributed by atoms with Crippen LogP contribution in [0.4, 0.5) is 28.8 Å². The molecule has 0 spiro atoms. The van der Waals surface area contributed by atoms with E-state index < -0.39 is 30.7 Å². The van der Waals surface area contributed by atoms with E-state index in [4.69, 9.17) is 16.3 Å². The molecule has 3 aliphatic heterocycles. The number of aliphatic hydroxyl groups is 1. The number of halogens is 1. The average Bonchev–Trinajstić information content (AvgIpc) is 4.04. The SMILES string of the molecule is COc1cc(N2CCC(N3CCN(CCCCCCC(=O)NC(C(=O)N4C[C@H](O)C[C@H]4C(=O)NCc4ccc(-c5scnc5C)cc4)C(C)(C)C)CC3)CC2)ccc1Nc1ncc(Cl)c(Nc2ccccc2P(C)(C)=O)n1. The van der Waals surface area contributed by atoms with Gasteiger partial charge < -0.3 is 50.4 Å². The number of β-amino-alcohol motifs (C(OH)–C–C–N with tert-alkyl or cyclic N) is 1. The molecule has 0 radical (unpaired) electrons. The number of piperidine rings is 1. The Bertz CT molecular complexity index is 2860. The van der Waals surface area contributed by atoms with E-state index in [0.29, 0.717) is 46.0 Å². The van der Waals surface area contributed by atoms with Crippen molar-refractivity contribution < 1.29 is 28.8 Å². The Hall–Kier alpha value is -5.62. The van der Waals surface area contributed by atoms with Gasteiger partial charge in [0.25, 0.3) is 0 Å². The summed E-state index contributed by atoms with van der Waals surface area (Å²) >= 11 is 8.10. The van der Waals surface area contributed by atoms with Crippen LogP contribution in [0.25, 0.3) is 10.4 Å². The summed E-state index contributed by atoms with van der Waals surface area (Å²) in [6.07, 6.45) is 7.11. The number of anilines is 5. The maximum Gasteiger partial charge on any atom is 0.246 e. The van der Waals surface area contributed by atoms with Crippen molar-refractivity contribution in [2.75, 3.05) is 88.3 Å². The highest BCUT2D eigenvalue weighted by atomic mass is 35.5. The van der Waals surface area contributed by atoms with E-state index >= 15 is 0 Å². The van der Waals surface area contributed by atoms with Gasteiger partial charge in [-0.25, -0.2) is 9.97 Å². The second-order valence-corrected chi connectivity index (χ2v) is 26.5. The molecule has 0 bridgehead atoms. The summed E-state index contributed by atoms with van der Waals surface area (Å²) in [5, 5.41) is 24.2. The van der Waals surface area contributed by atoms with E-state index in [-0.39, 0.29) is 37.2 Å². The van der Waals surface area contributed by atoms with Crippen molar-refractivity contribution in [1.82, 2.24) is 40.3 Å². The number of carbonyl (C=O) groups excluding carboxylic acids is 3. The first-order valence-corrected chi connectivity index (χ1v) is 30.9. The highest BCUT2D eigenvalue weighted by Gasteiger charge is 2.44. The molecule has 1 unspecified atom stereocenters. The van der Waals surface area contributed by atoms with Crippen molar-refractivity contribution in [1.29, 1.82) is 0 Å². The van der Waals surface area contributed by atoms with E-state index in [1.165, 1.54) is 11.1 Å². The van der Waals surface area contributed by atoms with Crippen LogP contribution in [0, 0.1) is 12.3 Å². The number of nitrogens with one attached hydrogen (secondary N) is 4. The summed E-state index contributed by atoms with van der Waals surface area (Å²) in [7, 11) is -0.900. The normalized spacial score (nSPS) is 18.2. The summed E-state index contributed by atoms with van der Waals surface area (Å²) in [4.78, 5) is 64.6. The van der Waals surface area contributed by atoms with Gasteiger partial charge in [-0.15, -0.1) is 11.3 Å². The minimum atomic E-state index is -2.56. The predicted molar refractivity (Wildman–Crippen MR) is 310 cm³/mol. The van der Waals surface area contributed by atoms with Crippen molar-refractivity contribution >= 4 is 81.9 Å². The van der Waals surface area contributed by atoms with Crippen LogP contribution in [0.15, 0.2) is 78.4 Å². The Labute approximate surface area is 463 Å². The standard InChI is InChI=1S/C57H77ClN11O6PS/c1-38-51(77-37-61-38)40-19-17-39(18-20-40)34-59-54(72)47-33-43(70)36-69(47)55(73)52(57(2,3)4)64-50(71)16-10-8-9-13-25-66-28-30-68(31-29-66)41-23-26-67(27-24-41)42-21-22-45(48(32-42)75-5)63-56-60-35-44(58)53(65-56)62-46-14-11-12-15-49(46)76(6,7)74/h11-12,14-15,17-22,32,35,37,41,43,47,52,70H,8-10,13,16,23-31,33-34,36H2,1-7H3,(H,59,72)(H,64,71)(H2,60,62,63,65)/t43-,47+,52?/m1/s1. The lowest BCUT2D eigenvalue weighted by Gasteiger charge is -2.43. The van der Waals surface area contributed by atoms with E-state index in [1.807, 2.05) is 87.8 Å². The number of benzene rings is 3. The van der Waals surface area contributed by atoms with Gasteiger partial charge in [0.15, 0.2) is 5.82 Å². The zero-order chi connectivity index (χ0) is 54.9.